The molecule has 0 saturated heterocycles. The molecule has 0 rings (SSSR count). The molecule has 0 aromatic carbocycles. The SMILES string of the molecule is CCCCC/C=C\C/C=C\CCCCCCCC(=O)OCCCCCCCCCCCCCC/C=C\CCCCCCCCCCCCCCCCC(=O)NC(CO)C(O)CCCCCCCCCCCCCCCCCCCCC. The molecule has 2 unspecified atom stereocenters. The molecule has 0 heterocycles. The zero-order valence-electron chi connectivity index (χ0n) is 54.8. The summed E-state index contributed by atoms with van der Waals surface area (Å²) in [6.45, 7) is 4.96. The van der Waals surface area contributed by atoms with E-state index < -0.39 is 12.1 Å². The lowest BCUT2D eigenvalue weighted by Gasteiger charge is -2.22. The van der Waals surface area contributed by atoms with Crippen LogP contribution < -0.4 is 5.32 Å². The van der Waals surface area contributed by atoms with Crippen molar-refractivity contribution in [3.05, 3.63) is 36.5 Å². The lowest BCUT2D eigenvalue weighted by Crippen LogP contribution is -2.45. The average Bonchev–Trinajstić information content (AvgIpc) is 3.47. The number of aliphatic hydroxyl groups is 2. The third-order valence-corrected chi connectivity index (χ3v) is 17.2. The Balaban J connectivity index is 3.37. The number of carbonyl (C=O) groups is 2. The summed E-state index contributed by atoms with van der Waals surface area (Å²) in [5.41, 5.74) is 0. The van der Waals surface area contributed by atoms with Gasteiger partial charge in [0.1, 0.15) is 0 Å². The van der Waals surface area contributed by atoms with Crippen LogP contribution in [-0.2, 0) is 14.3 Å². The Morgan fingerprint density at radius 2 is 0.617 bits per heavy atom. The van der Waals surface area contributed by atoms with Crippen molar-refractivity contribution in [3.8, 4) is 0 Å². The molecular formula is C75H143NO5. The van der Waals surface area contributed by atoms with Gasteiger partial charge < -0.3 is 20.3 Å². The van der Waals surface area contributed by atoms with Crippen LogP contribution >= 0.6 is 0 Å². The van der Waals surface area contributed by atoms with Crippen molar-refractivity contribution in [2.24, 2.45) is 0 Å². The molecule has 0 aliphatic carbocycles. The molecule has 0 aromatic rings. The van der Waals surface area contributed by atoms with E-state index in [1.54, 1.807) is 0 Å². The zero-order chi connectivity index (χ0) is 58.5. The van der Waals surface area contributed by atoms with Gasteiger partial charge in [0.15, 0.2) is 0 Å². The highest BCUT2D eigenvalue weighted by Crippen LogP contribution is 2.19. The summed E-state index contributed by atoms with van der Waals surface area (Å²) in [6, 6.07) is -0.541. The smallest absolute Gasteiger partial charge is 0.305 e. The molecule has 0 aliphatic rings. The van der Waals surface area contributed by atoms with Crippen LogP contribution in [0.4, 0.5) is 0 Å². The number of nitrogens with one attached hydrogen (secondary N) is 1. The van der Waals surface area contributed by atoms with E-state index in [1.165, 1.54) is 321 Å². The van der Waals surface area contributed by atoms with Gasteiger partial charge in [-0.1, -0.05) is 346 Å². The monoisotopic (exact) mass is 1140 g/mol. The number of allylic oxidation sites excluding steroid dienone is 6. The summed E-state index contributed by atoms with van der Waals surface area (Å²) < 4.78 is 5.49. The van der Waals surface area contributed by atoms with Gasteiger partial charge in [-0.25, -0.2) is 0 Å². The third-order valence-electron chi connectivity index (χ3n) is 17.2. The van der Waals surface area contributed by atoms with E-state index in [1.807, 2.05) is 0 Å². The van der Waals surface area contributed by atoms with E-state index in [2.05, 4.69) is 55.6 Å². The van der Waals surface area contributed by atoms with Crippen LogP contribution in [0.2, 0.25) is 0 Å². The Morgan fingerprint density at radius 1 is 0.346 bits per heavy atom. The summed E-state index contributed by atoms with van der Waals surface area (Å²) in [5.74, 6) is -0.0260. The maximum atomic E-state index is 12.5. The van der Waals surface area contributed by atoms with E-state index in [0.717, 1.165) is 51.4 Å². The Hall–Kier alpha value is -1.92. The molecule has 6 heteroatoms. The normalized spacial score (nSPS) is 12.7. The van der Waals surface area contributed by atoms with Crippen LogP contribution in [0.15, 0.2) is 36.5 Å². The number of rotatable bonds is 69. The van der Waals surface area contributed by atoms with E-state index in [0.29, 0.717) is 25.9 Å². The molecule has 81 heavy (non-hydrogen) atoms. The first-order chi connectivity index (χ1) is 40.0. The predicted molar refractivity (Wildman–Crippen MR) is 356 cm³/mol. The lowest BCUT2D eigenvalue weighted by atomic mass is 10.0. The van der Waals surface area contributed by atoms with Gasteiger partial charge in [-0.15, -0.1) is 0 Å². The van der Waals surface area contributed by atoms with Gasteiger partial charge in [-0.05, 0) is 83.5 Å². The molecule has 0 spiro atoms. The Labute approximate surface area is 506 Å². The minimum absolute atomic E-state index is 0.00357. The van der Waals surface area contributed by atoms with E-state index in [9.17, 15) is 19.8 Å². The molecule has 0 aliphatic heterocycles. The summed E-state index contributed by atoms with van der Waals surface area (Å²) in [5, 5.41) is 23.4. The highest BCUT2D eigenvalue weighted by Gasteiger charge is 2.20. The molecule has 0 saturated carbocycles. The number of aliphatic hydroxyl groups excluding tert-OH is 2. The Bertz CT molecular complexity index is 1310. The number of esters is 1. The lowest BCUT2D eigenvalue weighted by molar-refractivity contribution is -0.143. The van der Waals surface area contributed by atoms with Crippen LogP contribution in [0.5, 0.6) is 0 Å². The van der Waals surface area contributed by atoms with Crippen molar-refractivity contribution in [2.45, 2.75) is 418 Å². The van der Waals surface area contributed by atoms with Crippen LogP contribution in [0.3, 0.4) is 0 Å². The van der Waals surface area contributed by atoms with Crippen molar-refractivity contribution >= 4 is 11.9 Å². The van der Waals surface area contributed by atoms with E-state index in [4.69, 9.17) is 4.74 Å². The first kappa shape index (κ1) is 79.1. The summed E-state index contributed by atoms with van der Waals surface area (Å²) in [6.07, 6.45) is 90.6. The first-order valence-electron chi connectivity index (χ1n) is 36.7. The van der Waals surface area contributed by atoms with Gasteiger partial charge in [-0.3, -0.25) is 9.59 Å². The molecule has 2 atom stereocenters. The molecule has 1 amide bonds. The molecule has 0 aromatic heterocycles. The van der Waals surface area contributed by atoms with Crippen molar-refractivity contribution < 1.29 is 24.5 Å². The average molecular weight is 1140 g/mol. The molecule has 478 valence electrons. The van der Waals surface area contributed by atoms with Gasteiger partial charge in [0, 0.05) is 12.8 Å². The number of amides is 1. The maximum Gasteiger partial charge on any atom is 0.305 e. The Morgan fingerprint density at radius 3 is 0.975 bits per heavy atom. The first-order valence-corrected chi connectivity index (χ1v) is 36.7. The zero-order valence-corrected chi connectivity index (χ0v) is 54.8. The number of hydrogen-bond donors (Lipinski definition) is 3. The molecule has 0 bridgehead atoms. The molecule has 0 radical (unpaired) electrons. The highest BCUT2D eigenvalue weighted by atomic mass is 16.5. The van der Waals surface area contributed by atoms with Crippen molar-refractivity contribution in [1.82, 2.24) is 5.32 Å². The second-order valence-corrected chi connectivity index (χ2v) is 25.3. The topological polar surface area (TPSA) is 95.9 Å². The van der Waals surface area contributed by atoms with Crippen molar-refractivity contribution in [1.29, 1.82) is 0 Å². The summed E-state index contributed by atoms with van der Waals surface area (Å²) in [4.78, 5) is 24.6. The number of hydrogen-bond acceptors (Lipinski definition) is 5. The number of ether oxygens (including phenoxy) is 1. The van der Waals surface area contributed by atoms with Crippen LogP contribution in [0, 0.1) is 0 Å². The second kappa shape index (κ2) is 70.6. The third kappa shape index (κ3) is 67.1. The van der Waals surface area contributed by atoms with E-state index in [-0.39, 0.29) is 18.5 Å². The number of unbranched alkanes of at least 4 members (excludes halogenated alkanes) is 52. The molecule has 6 nitrogen and oxygen atoms in total. The maximum absolute atomic E-state index is 12.5. The van der Waals surface area contributed by atoms with Crippen LogP contribution in [0.25, 0.3) is 0 Å². The molecule has 3 N–H and O–H groups in total. The van der Waals surface area contributed by atoms with Gasteiger partial charge >= 0.3 is 5.97 Å². The van der Waals surface area contributed by atoms with Gasteiger partial charge in [0.05, 0.1) is 25.4 Å². The second-order valence-electron chi connectivity index (χ2n) is 25.3. The minimum atomic E-state index is -0.664. The number of carbonyl (C=O) groups excluding carboxylic acids is 2. The van der Waals surface area contributed by atoms with Gasteiger partial charge in [0.25, 0.3) is 0 Å². The van der Waals surface area contributed by atoms with Gasteiger partial charge in [-0.2, -0.15) is 0 Å². The largest absolute Gasteiger partial charge is 0.466 e. The van der Waals surface area contributed by atoms with Crippen LogP contribution in [-0.4, -0.2) is 47.4 Å². The molecular weight excluding hydrogens is 995 g/mol. The van der Waals surface area contributed by atoms with Gasteiger partial charge in [0.2, 0.25) is 5.91 Å². The Kier molecular flexibility index (Phi) is 68.9. The quantitative estimate of drug-likeness (QED) is 0.0320. The fourth-order valence-electron chi connectivity index (χ4n) is 11.6. The summed E-state index contributed by atoms with van der Waals surface area (Å²) >= 11 is 0. The molecule has 0 fully saturated rings. The van der Waals surface area contributed by atoms with Crippen molar-refractivity contribution in [3.63, 3.8) is 0 Å². The fourth-order valence-corrected chi connectivity index (χ4v) is 11.6. The van der Waals surface area contributed by atoms with Crippen molar-refractivity contribution in [2.75, 3.05) is 13.2 Å². The fraction of sp³-hybridized carbons (Fsp3) is 0.893. The standard InChI is InChI=1S/C75H143NO5/c1-3-5-7-9-11-13-15-17-19-20-33-36-40-43-47-51-55-59-63-67-73(78)72(71-77)76-74(79)68-64-60-56-52-48-44-41-37-34-31-29-27-25-23-21-22-24-26-28-30-32-35-38-42-46-50-54-58-62-66-70-81-75(80)69-65-61-57-53-49-45-39-18-16-14-12-10-8-6-4-2/h12,14,18,22,24,39,72-73,77-78H,3-11,13,15-17,19-21,23,25-38,40-71H2,1-2H3,(H,76,79)/b14-12-,24-22-,39-18-. The van der Waals surface area contributed by atoms with E-state index >= 15 is 0 Å². The van der Waals surface area contributed by atoms with Crippen LogP contribution in [0.1, 0.15) is 406 Å². The highest BCUT2D eigenvalue weighted by molar-refractivity contribution is 5.76. The minimum Gasteiger partial charge on any atom is -0.466 e. The predicted octanol–water partition coefficient (Wildman–Crippen LogP) is 23.9. The summed E-state index contributed by atoms with van der Waals surface area (Å²) in [7, 11) is 0.